The van der Waals surface area contributed by atoms with Gasteiger partial charge in [0.25, 0.3) is 0 Å². The van der Waals surface area contributed by atoms with Gasteiger partial charge in [-0.2, -0.15) is 10.1 Å². The minimum Gasteiger partial charge on any atom is -0.222 e. The molecule has 2 heterocycles. The van der Waals surface area contributed by atoms with Gasteiger partial charge in [-0.15, -0.1) is 0 Å². The van der Waals surface area contributed by atoms with Crippen LogP contribution in [0.3, 0.4) is 0 Å². The van der Waals surface area contributed by atoms with E-state index in [1.54, 1.807) is 28.9 Å². The van der Waals surface area contributed by atoms with Crippen molar-refractivity contribution in [1.29, 1.82) is 0 Å². The lowest BCUT2D eigenvalue weighted by atomic mass is 9.96. The zero-order valence-electron chi connectivity index (χ0n) is 12.0. The van der Waals surface area contributed by atoms with Crippen LogP contribution < -0.4 is 0 Å². The van der Waals surface area contributed by atoms with Crippen LogP contribution in [0.2, 0.25) is 0 Å². The maximum absolute atomic E-state index is 13.2. The summed E-state index contributed by atoms with van der Waals surface area (Å²) in [6.07, 6.45) is 2.02. The molecule has 4 rings (SSSR count). The third-order valence-electron chi connectivity index (χ3n) is 3.90. The zero-order valence-corrected chi connectivity index (χ0v) is 12.0. The minimum atomic E-state index is -0.289. The Hall–Kier alpha value is -2.89. The smallest absolute Gasteiger partial charge is 0.222 e. The van der Waals surface area contributed by atoms with Gasteiger partial charge in [-0.1, -0.05) is 24.3 Å². The second kappa shape index (κ2) is 5.39. The van der Waals surface area contributed by atoms with Gasteiger partial charge in [-0.05, 0) is 35.4 Å². The highest BCUT2D eigenvalue weighted by atomic mass is 19.1. The molecule has 0 radical (unpaired) electrons. The molecule has 6 heteroatoms. The van der Waals surface area contributed by atoms with E-state index >= 15 is 0 Å². The number of aromatic nitrogens is 3. The lowest BCUT2D eigenvalue weighted by molar-refractivity contribution is 0.529. The molecule has 1 aliphatic rings. The highest BCUT2D eigenvalue weighted by Crippen LogP contribution is 2.32. The topological polar surface area (TPSA) is 43.1 Å². The third-order valence-corrected chi connectivity index (χ3v) is 3.90. The minimum absolute atomic E-state index is 0.120. The molecule has 1 unspecified atom stereocenters. The average molecular weight is 310 g/mol. The van der Waals surface area contributed by atoms with E-state index in [1.807, 2.05) is 0 Å². The SMILES string of the molecule is Fc1ccc(C2=Nc3ncnn3C(c3ccc(F)cc3)C2)cc1. The van der Waals surface area contributed by atoms with E-state index in [0.717, 1.165) is 16.8 Å². The van der Waals surface area contributed by atoms with Crippen molar-refractivity contribution in [2.45, 2.75) is 12.5 Å². The molecule has 0 fully saturated rings. The molecule has 114 valence electrons. The number of benzene rings is 2. The second-order valence-electron chi connectivity index (χ2n) is 5.34. The van der Waals surface area contributed by atoms with E-state index in [1.165, 1.54) is 30.6 Å². The van der Waals surface area contributed by atoms with Gasteiger partial charge in [-0.3, -0.25) is 0 Å². The van der Waals surface area contributed by atoms with Crippen molar-refractivity contribution in [2.24, 2.45) is 4.99 Å². The van der Waals surface area contributed by atoms with E-state index < -0.39 is 0 Å². The molecule has 0 amide bonds. The number of fused-ring (bicyclic) bond motifs is 1. The average Bonchev–Trinajstić information content (AvgIpc) is 3.04. The quantitative estimate of drug-likeness (QED) is 0.725. The van der Waals surface area contributed by atoms with Crippen LogP contribution >= 0.6 is 0 Å². The number of halogens is 2. The molecule has 1 aromatic heterocycles. The lowest BCUT2D eigenvalue weighted by Crippen LogP contribution is -2.21. The molecular formula is C17H12F2N4. The first-order valence-corrected chi connectivity index (χ1v) is 7.19. The molecule has 1 aliphatic heterocycles. The monoisotopic (exact) mass is 310 g/mol. The highest BCUT2D eigenvalue weighted by Gasteiger charge is 2.26. The largest absolute Gasteiger partial charge is 0.248 e. The summed E-state index contributed by atoms with van der Waals surface area (Å²) in [5.41, 5.74) is 2.57. The standard InChI is InChI=1S/C17H12F2N4/c18-13-5-1-11(2-6-13)15-9-16(12-3-7-14(19)8-4-12)23-17(22-15)20-10-21-23/h1-8,10,16H,9H2. The predicted molar refractivity (Wildman–Crippen MR) is 81.8 cm³/mol. The van der Waals surface area contributed by atoms with Crippen LogP contribution in [0.15, 0.2) is 59.9 Å². The maximum Gasteiger partial charge on any atom is 0.248 e. The molecule has 3 aromatic rings. The summed E-state index contributed by atoms with van der Waals surface area (Å²) in [4.78, 5) is 8.67. The van der Waals surface area contributed by atoms with Gasteiger partial charge in [0, 0.05) is 6.42 Å². The number of rotatable bonds is 2. The van der Waals surface area contributed by atoms with Crippen LogP contribution in [0.4, 0.5) is 14.7 Å². The fourth-order valence-electron chi connectivity index (χ4n) is 2.75. The fourth-order valence-corrected chi connectivity index (χ4v) is 2.75. The fraction of sp³-hybridized carbons (Fsp3) is 0.118. The van der Waals surface area contributed by atoms with Crippen molar-refractivity contribution in [3.8, 4) is 0 Å². The Kier molecular flexibility index (Phi) is 3.22. The number of aliphatic imine (C=N–C) groups is 1. The maximum atomic E-state index is 13.2. The van der Waals surface area contributed by atoms with E-state index in [-0.39, 0.29) is 17.7 Å². The summed E-state index contributed by atoms with van der Waals surface area (Å²) in [7, 11) is 0. The summed E-state index contributed by atoms with van der Waals surface area (Å²) in [5, 5.41) is 4.22. The second-order valence-corrected chi connectivity index (χ2v) is 5.34. The van der Waals surface area contributed by atoms with Crippen molar-refractivity contribution in [3.05, 3.63) is 77.6 Å². The first-order valence-electron chi connectivity index (χ1n) is 7.19. The molecule has 0 bridgehead atoms. The molecule has 23 heavy (non-hydrogen) atoms. The van der Waals surface area contributed by atoms with Crippen molar-refractivity contribution in [2.75, 3.05) is 0 Å². The first kappa shape index (κ1) is 13.8. The van der Waals surface area contributed by atoms with Gasteiger partial charge in [0.1, 0.15) is 18.0 Å². The van der Waals surface area contributed by atoms with Crippen LogP contribution in [-0.4, -0.2) is 20.5 Å². The van der Waals surface area contributed by atoms with E-state index in [4.69, 9.17) is 0 Å². The van der Waals surface area contributed by atoms with Gasteiger partial charge < -0.3 is 0 Å². The van der Waals surface area contributed by atoms with Crippen molar-refractivity contribution >= 4 is 11.7 Å². The first-order chi connectivity index (χ1) is 11.2. The van der Waals surface area contributed by atoms with Gasteiger partial charge >= 0.3 is 0 Å². The molecule has 2 aromatic carbocycles. The normalized spacial score (nSPS) is 16.8. The third kappa shape index (κ3) is 2.52. The van der Waals surface area contributed by atoms with Gasteiger partial charge in [0.05, 0.1) is 11.8 Å². The highest BCUT2D eigenvalue weighted by molar-refractivity contribution is 6.02. The van der Waals surface area contributed by atoms with E-state index in [9.17, 15) is 8.78 Å². The predicted octanol–water partition coefficient (Wildman–Crippen LogP) is 3.67. The summed E-state index contributed by atoms with van der Waals surface area (Å²) < 4.78 is 28.0. The van der Waals surface area contributed by atoms with Crippen LogP contribution in [0.25, 0.3) is 0 Å². The Balaban J connectivity index is 1.77. The van der Waals surface area contributed by atoms with Crippen molar-refractivity contribution in [3.63, 3.8) is 0 Å². The molecule has 0 N–H and O–H groups in total. The summed E-state index contributed by atoms with van der Waals surface area (Å²) in [5.74, 6) is -0.0795. The lowest BCUT2D eigenvalue weighted by Gasteiger charge is -2.23. The summed E-state index contributed by atoms with van der Waals surface area (Å²) >= 11 is 0. The van der Waals surface area contributed by atoms with E-state index in [2.05, 4.69) is 15.1 Å². The molecule has 4 nitrogen and oxygen atoms in total. The molecule has 0 saturated heterocycles. The molecular weight excluding hydrogens is 298 g/mol. The number of nitrogens with zero attached hydrogens (tertiary/aromatic N) is 4. The Morgan fingerprint density at radius 3 is 2.26 bits per heavy atom. The van der Waals surface area contributed by atoms with Gasteiger partial charge in [-0.25, -0.2) is 18.5 Å². The van der Waals surface area contributed by atoms with Crippen molar-refractivity contribution in [1.82, 2.24) is 14.8 Å². The molecule has 0 spiro atoms. The summed E-state index contributed by atoms with van der Waals surface area (Å²) in [6, 6.07) is 12.4. The summed E-state index contributed by atoms with van der Waals surface area (Å²) in [6.45, 7) is 0. The Labute approximate surface area is 131 Å². The van der Waals surface area contributed by atoms with Crippen molar-refractivity contribution < 1.29 is 8.78 Å². The zero-order chi connectivity index (χ0) is 15.8. The Bertz CT molecular complexity index is 866. The van der Waals surface area contributed by atoms with Crippen LogP contribution in [0, 0.1) is 11.6 Å². The van der Waals surface area contributed by atoms with Crippen LogP contribution in [0.5, 0.6) is 0 Å². The van der Waals surface area contributed by atoms with Gasteiger partial charge in [0.2, 0.25) is 5.95 Å². The number of hydrogen-bond acceptors (Lipinski definition) is 3. The van der Waals surface area contributed by atoms with Crippen LogP contribution in [0.1, 0.15) is 23.6 Å². The molecule has 1 atom stereocenters. The molecule has 0 aliphatic carbocycles. The number of hydrogen-bond donors (Lipinski definition) is 0. The molecule has 0 saturated carbocycles. The van der Waals surface area contributed by atoms with E-state index in [0.29, 0.717) is 12.4 Å². The Morgan fingerprint density at radius 1 is 0.913 bits per heavy atom. The van der Waals surface area contributed by atoms with Crippen LogP contribution in [-0.2, 0) is 0 Å². The Morgan fingerprint density at radius 2 is 1.57 bits per heavy atom. The van der Waals surface area contributed by atoms with Gasteiger partial charge in [0.15, 0.2) is 0 Å².